The van der Waals surface area contributed by atoms with Crippen LogP contribution in [0.2, 0.25) is 0 Å². The molecule has 0 bridgehead atoms. The Balaban J connectivity index is 1.30. The molecular formula is C18H24N6O4S2. The van der Waals surface area contributed by atoms with Crippen molar-refractivity contribution in [2.75, 3.05) is 52.5 Å². The van der Waals surface area contributed by atoms with E-state index in [4.69, 9.17) is 4.74 Å². The van der Waals surface area contributed by atoms with Gasteiger partial charge in [-0.2, -0.15) is 22.1 Å². The number of rotatable bonds is 6. The molecule has 0 aliphatic carbocycles. The maximum Gasteiger partial charge on any atom is 0.282 e. The van der Waals surface area contributed by atoms with Crippen LogP contribution < -0.4 is 0 Å². The molecule has 2 aromatic rings. The zero-order chi connectivity index (χ0) is 21.0. The topological polar surface area (TPSA) is 112 Å². The van der Waals surface area contributed by atoms with Gasteiger partial charge in [-0.05, 0) is 17.7 Å². The molecule has 1 aromatic carbocycles. The van der Waals surface area contributed by atoms with Crippen molar-refractivity contribution >= 4 is 27.9 Å². The van der Waals surface area contributed by atoms with Crippen LogP contribution in [0, 0.1) is 0 Å². The number of nitrogens with zero attached hydrogens (tertiary/aromatic N) is 5. The van der Waals surface area contributed by atoms with Gasteiger partial charge in [0.25, 0.3) is 16.1 Å². The van der Waals surface area contributed by atoms with Crippen LogP contribution in [-0.4, -0.2) is 95.5 Å². The van der Waals surface area contributed by atoms with E-state index in [0.717, 1.165) is 16.5 Å². The minimum atomic E-state index is -3.50. The molecule has 2 aliphatic rings. The van der Waals surface area contributed by atoms with Crippen molar-refractivity contribution in [2.24, 2.45) is 0 Å². The fraction of sp³-hybridized carbons (Fsp3) is 0.500. The molecule has 10 nitrogen and oxygen atoms in total. The number of morpholine rings is 1. The second-order valence-corrected chi connectivity index (χ2v) is 9.88. The van der Waals surface area contributed by atoms with Gasteiger partial charge in [0.15, 0.2) is 5.16 Å². The number of ether oxygens (including phenoxy) is 1. The number of aromatic nitrogens is 3. The molecule has 30 heavy (non-hydrogen) atoms. The van der Waals surface area contributed by atoms with E-state index < -0.39 is 10.2 Å². The third kappa shape index (κ3) is 4.83. The largest absolute Gasteiger partial charge is 0.379 e. The fourth-order valence-corrected chi connectivity index (χ4v) is 5.70. The van der Waals surface area contributed by atoms with E-state index in [1.807, 2.05) is 24.3 Å². The van der Waals surface area contributed by atoms with Gasteiger partial charge >= 0.3 is 0 Å². The number of nitrogens with one attached hydrogen (secondary N) is 1. The quantitative estimate of drug-likeness (QED) is 0.633. The van der Waals surface area contributed by atoms with Gasteiger partial charge in [-0.25, -0.2) is 4.98 Å². The van der Waals surface area contributed by atoms with Crippen molar-refractivity contribution in [3.8, 4) is 0 Å². The molecule has 2 saturated heterocycles. The first-order chi connectivity index (χ1) is 14.5. The summed E-state index contributed by atoms with van der Waals surface area (Å²) in [5, 5.41) is 7.36. The SMILES string of the molecule is O=C(c1ccc(CSc2ncn[nH]2)cc1)N1CCN(S(=O)(=O)N2CCOCC2)CC1. The first kappa shape index (κ1) is 21.2. The minimum Gasteiger partial charge on any atom is -0.379 e. The Bertz CT molecular complexity index is 938. The fourth-order valence-electron chi connectivity index (χ4n) is 3.40. The van der Waals surface area contributed by atoms with Crippen LogP contribution in [0.15, 0.2) is 35.7 Å². The zero-order valence-electron chi connectivity index (χ0n) is 16.4. The number of piperazine rings is 1. The number of benzene rings is 1. The van der Waals surface area contributed by atoms with Crippen molar-refractivity contribution in [3.63, 3.8) is 0 Å². The molecule has 2 aliphatic heterocycles. The maximum atomic E-state index is 12.8. The lowest BCUT2D eigenvalue weighted by molar-refractivity contribution is 0.0636. The average molecular weight is 453 g/mol. The third-order valence-corrected chi connectivity index (χ3v) is 8.10. The molecule has 0 radical (unpaired) electrons. The smallest absolute Gasteiger partial charge is 0.282 e. The Morgan fingerprint density at radius 1 is 1.03 bits per heavy atom. The highest BCUT2D eigenvalue weighted by molar-refractivity contribution is 7.98. The van der Waals surface area contributed by atoms with E-state index in [0.29, 0.717) is 58.0 Å². The Kier molecular flexibility index (Phi) is 6.68. The monoisotopic (exact) mass is 452 g/mol. The van der Waals surface area contributed by atoms with Gasteiger partial charge in [0.1, 0.15) is 6.33 Å². The van der Waals surface area contributed by atoms with Crippen molar-refractivity contribution in [3.05, 3.63) is 41.7 Å². The summed E-state index contributed by atoms with van der Waals surface area (Å²) in [5.74, 6) is 0.648. The van der Waals surface area contributed by atoms with E-state index in [9.17, 15) is 13.2 Å². The van der Waals surface area contributed by atoms with Crippen LogP contribution in [0.25, 0.3) is 0 Å². The molecule has 2 fully saturated rings. The first-order valence-corrected chi connectivity index (χ1v) is 12.1. The van der Waals surface area contributed by atoms with Crippen molar-refractivity contribution in [2.45, 2.75) is 10.9 Å². The van der Waals surface area contributed by atoms with Gasteiger partial charge in [-0.1, -0.05) is 23.9 Å². The summed E-state index contributed by atoms with van der Waals surface area (Å²) in [4.78, 5) is 18.6. The van der Waals surface area contributed by atoms with Crippen molar-refractivity contribution < 1.29 is 17.9 Å². The number of hydrogen-bond donors (Lipinski definition) is 1. The van der Waals surface area contributed by atoms with Gasteiger partial charge < -0.3 is 9.64 Å². The standard InChI is InChI=1S/C18H24N6O4S2/c25-17(16-3-1-15(2-4-16)13-29-18-19-14-20-21-18)22-5-7-23(8-6-22)30(26,27)24-9-11-28-12-10-24/h1-4,14H,5-13H2,(H,19,20,21). The number of aromatic amines is 1. The molecule has 1 N–H and O–H groups in total. The molecule has 0 atom stereocenters. The summed E-state index contributed by atoms with van der Waals surface area (Å²) in [6, 6.07) is 7.48. The lowest BCUT2D eigenvalue weighted by Gasteiger charge is -2.37. The zero-order valence-corrected chi connectivity index (χ0v) is 18.1. The molecule has 0 saturated carbocycles. The predicted molar refractivity (Wildman–Crippen MR) is 111 cm³/mol. The Morgan fingerprint density at radius 3 is 2.33 bits per heavy atom. The predicted octanol–water partition coefficient (Wildman–Crippen LogP) is 0.432. The van der Waals surface area contributed by atoms with E-state index in [1.165, 1.54) is 26.7 Å². The Hall–Kier alpha value is -1.99. The van der Waals surface area contributed by atoms with Gasteiger partial charge in [0.2, 0.25) is 0 Å². The third-order valence-electron chi connectivity index (χ3n) is 5.12. The number of amides is 1. The van der Waals surface area contributed by atoms with Crippen LogP contribution >= 0.6 is 11.8 Å². The summed E-state index contributed by atoms with van der Waals surface area (Å²) in [6.07, 6.45) is 1.47. The van der Waals surface area contributed by atoms with Crippen molar-refractivity contribution in [1.29, 1.82) is 0 Å². The van der Waals surface area contributed by atoms with Crippen LogP contribution in [0.4, 0.5) is 0 Å². The molecule has 3 heterocycles. The van der Waals surface area contributed by atoms with Gasteiger partial charge in [-0.15, -0.1) is 0 Å². The summed E-state index contributed by atoms with van der Waals surface area (Å²) in [6.45, 7) is 2.96. The summed E-state index contributed by atoms with van der Waals surface area (Å²) >= 11 is 1.54. The summed E-state index contributed by atoms with van der Waals surface area (Å²) < 4.78 is 33.7. The molecule has 12 heteroatoms. The number of thioether (sulfide) groups is 1. The van der Waals surface area contributed by atoms with E-state index in [-0.39, 0.29) is 5.91 Å². The van der Waals surface area contributed by atoms with Crippen molar-refractivity contribution in [1.82, 2.24) is 28.7 Å². The maximum absolute atomic E-state index is 12.8. The highest BCUT2D eigenvalue weighted by atomic mass is 32.2. The molecule has 0 spiro atoms. The molecular weight excluding hydrogens is 428 g/mol. The highest BCUT2D eigenvalue weighted by Crippen LogP contribution is 2.20. The number of carbonyl (C=O) groups is 1. The number of carbonyl (C=O) groups excluding carboxylic acids is 1. The second kappa shape index (κ2) is 9.43. The van der Waals surface area contributed by atoms with Gasteiger partial charge in [0.05, 0.1) is 13.2 Å². The molecule has 162 valence electrons. The van der Waals surface area contributed by atoms with Crippen LogP contribution in [0.5, 0.6) is 0 Å². The first-order valence-electron chi connectivity index (χ1n) is 9.73. The minimum absolute atomic E-state index is 0.0761. The Labute approximate surface area is 179 Å². The van der Waals surface area contributed by atoms with E-state index >= 15 is 0 Å². The Morgan fingerprint density at radius 2 is 1.70 bits per heavy atom. The number of hydrogen-bond acceptors (Lipinski definition) is 7. The summed E-state index contributed by atoms with van der Waals surface area (Å²) in [5.41, 5.74) is 1.68. The van der Waals surface area contributed by atoms with Crippen LogP contribution in [-0.2, 0) is 20.7 Å². The molecule has 1 amide bonds. The number of H-pyrrole nitrogens is 1. The van der Waals surface area contributed by atoms with Gasteiger partial charge in [-0.3, -0.25) is 9.89 Å². The normalized spacial score (nSPS) is 19.1. The van der Waals surface area contributed by atoms with E-state index in [1.54, 1.807) is 4.90 Å². The van der Waals surface area contributed by atoms with E-state index in [2.05, 4.69) is 15.2 Å². The molecule has 1 aromatic heterocycles. The molecule has 4 rings (SSSR count). The van der Waals surface area contributed by atoms with Crippen LogP contribution in [0.3, 0.4) is 0 Å². The second-order valence-electron chi connectivity index (χ2n) is 6.99. The van der Waals surface area contributed by atoms with Gasteiger partial charge in [0, 0.05) is 50.6 Å². The highest BCUT2D eigenvalue weighted by Gasteiger charge is 2.34. The summed E-state index contributed by atoms with van der Waals surface area (Å²) in [7, 11) is -3.50. The van der Waals surface area contributed by atoms with Crippen LogP contribution in [0.1, 0.15) is 15.9 Å². The lowest BCUT2D eigenvalue weighted by Crippen LogP contribution is -2.55. The molecule has 0 unspecified atom stereocenters. The lowest BCUT2D eigenvalue weighted by atomic mass is 10.1. The average Bonchev–Trinajstić information content (AvgIpc) is 3.32.